The number of methoxy groups -OCH3 is 1. The zero-order valence-electron chi connectivity index (χ0n) is 12.4. The largest absolute Gasteiger partial charge is 0.497 e. The van der Waals surface area contributed by atoms with E-state index in [0.29, 0.717) is 12.5 Å². The fourth-order valence-electron chi connectivity index (χ4n) is 1.93. The van der Waals surface area contributed by atoms with Crippen LogP contribution in [0.5, 0.6) is 5.75 Å². The molecule has 1 aromatic heterocycles. The third-order valence-corrected chi connectivity index (χ3v) is 2.77. The Hall–Kier alpha value is -2.63. The van der Waals surface area contributed by atoms with E-state index in [1.165, 1.54) is 0 Å². The Labute approximate surface area is 124 Å². The van der Waals surface area contributed by atoms with Gasteiger partial charge in [-0.2, -0.15) is 0 Å². The monoisotopic (exact) mass is 285 g/mol. The average molecular weight is 285 g/mol. The number of anilines is 1. The van der Waals surface area contributed by atoms with Gasteiger partial charge < -0.3 is 15.8 Å². The van der Waals surface area contributed by atoms with Gasteiger partial charge in [-0.1, -0.05) is 6.07 Å². The molecule has 0 amide bonds. The lowest BCUT2D eigenvalue weighted by molar-refractivity contribution is 0.415. The van der Waals surface area contributed by atoms with E-state index in [2.05, 4.69) is 20.3 Å². The van der Waals surface area contributed by atoms with Gasteiger partial charge in [0.15, 0.2) is 5.96 Å². The summed E-state index contributed by atoms with van der Waals surface area (Å²) in [6, 6.07) is 9.39. The molecule has 6 nitrogen and oxygen atoms in total. The predicted molar refractivity (Wildman–Crippen MR) is 83.4 cm³/mol. The lowest BCUT2D eigenvalue weighted by Crippen LogP contribution is -2.22. The Morgan fingerprint density at radius 1 is 1.29 bits per heavy atom. The van der Waals surface area contributed by atoms with Gasteiger partial charge in [0.2, 0.25) is 0 Å². The number of nitrogens with one attached hydrogen (secondary N) is 1. The van der Waals surface area contributed by atoms with Crippen molar-refractivity contribution >= 4 is 11.6 Å². The van der Waals surface area contributed by atoms with Crippen molar-refractivity contribution in [2.75, 3.05) is 12.4 Å². The second-order valence-corrected chi connectivity index (χ2v) is 4.61. The highest BCUT2D eigenvalue weighted by molar-refractivity contribution is 5.92. The summed E-state index contributed by atoms with van der Waals surface area (Å²) in [6.07, 6.45) is 0. The second-order valence-electron chi connectivity index (χ2n) is 4.61. The SMILES string of the molecule is COc1cccc(NC(N)=NCc2cc(C)nc(C)n2)c1. The maximum atomic E-state index is 5.88. The number of nitrogens with two attached hydrogens (primary N) is 1. The van der Waals surface area contributed by atoms with Gasteiger partial charge >= 0.3 is 0 Å². The first-order valence-corrected chi connectivity index (χ1v) is 6.59. The summed E-state index contributed by atoms with van der Waals surface area (Å²) in [5.41, 5.74) is 8.47. The van der Waals surface area contributed by atoms with Crippen molar-refractivity contribution in [1.29, 1.82) is 0 Å². The number of rotatable bonds is 4. The van der Waals surface area contributed by atoms with Gasteiger partial charge in [0.1, 0.15) is 11.6 Å². The summed E-state index contributed by atoms with van der Waals surface area (Å²) in [5, 5.41) is 3.02. The van der Waals surface area contributed by atoms with E-state index < -0.39 is 0 Å². The molecule has 3 N–H and O–H groups in total. The van der Waals surface area contributed by atoms with Crippen molar-refractivity contribution < 1.29 is 4.74 Å². The smallest absolute Gasteiger partial charge is 0.193 e. The molecule has 110 valence electrons. The first-order valence-electron chi connectivity index (χ1n) is 6.59. The van der Waals surface area contributed by atoms with Gasteiger partial charge in [-0.25, -0.2) is 15.0 Å². The number of nitrogens with zero attached hydrogens (tertiary/aromatic N) is 3. The van der Waals surface area contributed by atoms with E-state index in [9.17, 15) is 0 Å². The Morgan fingerprint density at radius 3 is 2.81 bits per heavy atom. The molecule has 6 heteroatoms. The molecule has 0 atom stereocenters. The van der Waals surface area contributed by atoms with E-state index in [-0.39, 0.29) is 0 Å². The van der Waals surface area contributed by atoms with Gasteiger partial charge in [-0.3, -0.25) is 0 Å². The Morgan fingerprint density at radius 2 is 2.10 bits per heavy atom. The van der Waals surface area contributed by atoms with Crippen molar-refractivity contribution in [2.45, 2.75) is 20.4 Å². The van der Waals surface area contributed by atoms with Crippen LogP contribution in [0.4, 0.5) is 5.69 Å². The molecule has 0 aliphatic carbocycles. The fourth-order valence-corrected chi connectivity index (χ4v) is 1.93. The van der Waals surface area contributed by atoms with Gasteiger partial charge in [0.05, 0.1) is 19.3 Å². The van der Waals surface area contributed by atoms with Crippen LogP contribution < -0.4 is 15.8 Å². The van der Waals surface area contributed by atoms with Crippen molar-refractivity contribution in [2.24, 2.45) is 10.7 Å². The van der Waals surface area contributed by atoms with E-state index >= 15 is 0 Å². The lowest BCUT2D eigenvalue weighted by Gasteiger charge is -2.07. The van der Waals surface area contributed by atoms with E-state index in [4.69, 9.17) is 10.5 Å². The first kappa shape index (κ1) is 14.8. The molecule has 21 heavy (non-hydrogen) atoms. The van der Waals surface area contributed by atoms with Crippen LogP contribution in [0, 0.1) is 13.8 Å². The molecule has 0 saturated heterocycles. The molecule has 0 unspecified atom stereocenters. The van der Waals surface area contributed by atoms with Gasteiger partial charge in [0.25, 0.3) is 0 Å². The highest BCUT2D eigenvalue weighted by atomic mass is 16.5. The number of aromatic nitrogens is 2. The van der Waals surface area contributed by atoms with Gasteiger partial charge in [-0.15, -0.1) is 0 Å². The normalized spacial score (nSPS) is 11.3. The highest BCUT2D eigenvalue weighted by Crippen LogP contribution is 2.16. The minimum absolute atomic E-state index is 0.331. The third-order valence-electron chi connectivity index (χ3n) is 2.77. The van der Waals surface area contributed by atoms with E-state index in [1.54, 1.807) is 7.11 Å². The molecule has 2 rings (SSSR count). The molecular weight excluding hydrogens is 266 g/mol. The zero-order valence-corrected chi connectivity index (χ0v) is 12.4. The van der Waals surface area contributed by atoms with Crippen LogP contribution in [0.25, 0.3) is 0 Å². The standard InChI is InChI=1S/C15H19N5O/c1-10-7-13(19-11(2)18-10)9-17-15(16)20-12-5-4-6-14(8-12)21-3/h4-8H,9H2,1-3H3,(H3,16,17,20). The van der Waals surface area contributed by atoms with Crippen LogP contribution in [0.15, 0.2) is 35.3 Å². The summed E-state index contributed by atoms with van der Waals surface area (Å²) in [4.78, 5) is 12.8. The summed E-state index contributed by atoms with van der Waals surface area (Å²) in [7, 11) is 1.62. The molecule has 0 radical (unpaired) electrons. The molecule has 0 fully saturated rings. The van der Waals surface area contributed by atoms with E-state index in [1.807, 2.05) is 44.2 Å². The molecular formula is C15H19N5O. The van der Waals surface area contributed by atoms with Crippen LogP contribution >= 0.6 is 0 Å². The molecule has 1 aromatic carbocycles. The number of guanidine groups is 1. The lowest BCUT2D eigenvalue weighted by atomic mass is 10.3. The Balaban J connectivity index is 2.03. The highest BCUT2D eigenvalue weighted by Gasteiger charge is 2.00. The van der Waals surface area contributed by atoms with Crippen molar-refractivity contribution in [3.05, 3.63) is 47.5 Å². The summed E-state index contributed by atoms with van der Waals surface area (Å²) in [5.74, 6) is 1.83. The van der Waals surface area contributed by atoms with Crippen molar-refractivity contribution in [3.8, 4) is 5.75 Å². The predicted octanol–water partition coefficient (Wildman–Crippen LogP) is 2.03. The van der Waals surface area contributed by atoms with Crippen LogP contribution in [0.1, 0.15) is 17.2 Å². The second kappa shape index (κ2) is 6.69. The molecule has 1 heterocycles. The third kappa shape index (κ3) is 4.45. The Bertz CT molecular complexity index is 634. The number of hydrogen-bond acceptors (Lipinski definition) is 4. The minimum Gasteiger partial charge on any atom is -0.497 e. The first-order chi connectivity index (χ1) is 10.1. The minimum atomic E-state index is 0.331. The molecule has 0 aliphatic heterocycles. The molecule has 0 aliphatic rings. The van der Waals surface area contributed by atoms with Crippen LogP contribution in [0.2, 0.25) is 0 Å². The average Bonchev–Trinajstić information content (AvgIpc) is 2.44. The fraction of sp³-hybridized carbons (Fsp3) is 0.267. The number of hydrogen-bond donors (Lipinski definition) is 2. The maximum absolute atomic E-state index is 5.88. The molecule has 2 aromatic rings. The number of aliphatic imine (C=N–C) groups is 1. The quantitative estimate of drug-likeness (QED) is 0.663. The van der Waals surface area contributed by atoms with Crippen molar-refractivity contribution in [1.82, 2.24) is 9.97 Å². The maximum Gasteiger partial charge on any atom is 0.193 e. The zero-order chi connectivity index (χ0) is 15.2. The Kier molecular flexibility index (Phi) is 4.71. The summed E-state index contributed by atoms with van der Waals surface area (Å²) >= 11 is 0. The molecule has 0 spiro atoms. The molecule has 0 bridgehead atoms. The van der Waals surface area contributed by atoms with Gasteiger partial charge in [0, 0.05) is 17.4 Å². The summed E-state index contributed by atoms with van der Waals surface area (Å²) in [6.45, 7) is 4.20. The van der Waals surface area contributed by atoms with E-state index in [0.717, 1.165) is 28.6 Å². The van der Waals surface area contributed by atoms with Crippen LogP contribution in [-0.4, -0.2) is 23.0 Å². The van der Waals surface area contributed by atoms with Crippen LogP contribution in [-0.2, 0) is 6.54 Å². The number of aryl methyl sites for hydroxylation is 2. The van der Waals surface area contributed by atoms with Gasteiger partial charge in [-0.05, 0) is 32.0 Å². The summed E-state index contributed by atoms with van der Waals surface area (Å²) < 4.78 is 5.15. The number of benzene rings is 1. The topological polar surface area (TPSA) is 85.4 Å². The number of ether oxygens (including phenoxy) is 1. The molecule has 0 saturated carbocycles. The van der Waals surface area contributed by atoms with Crippen LogP contribution in [0.3, 0.4) is 0 Å². The van der Waals surface area contributed by atoms with Crippen molar-refractivity contribution in [3.63, 3.8) is 0 Å².